The predicted octanol–water partition coefficient (Wildman–Crippen LogP) is 1.38. The van der Waals surface area contributed by atoms with Crippen molar-refractivity contribution in [1.82, 2.24) is 19.6 Å². The second-order valence-corrected chi connectivity index (χ2v) is 8.92. The molecule has 2 aromatic heterocycles. The molecule has 2 fully saturated rings. The standard InChI is InChI=1S/C18H25ClN5O4/c1-18(2,3)11-5-4-6-23(11)16-15-20-7-9(24(15)22-17(19)21-16)14-13(27)12(26)10(8-25)28-14/h7,10-14,26-27H,4-6,8H2,1-3H3/t10-,11-,12-,13-,14+/m1/s1. The molecule has 2 aliphatic rings. The van der Waals surface area contributed by atoms with E-state index in [1.54, 1.807) is 0 Å². The molecule has 2 aromatic rings. The fraction of sp³-hybridized carbons (Fsp3) is 0.722. The maximum Gasteiger partial charge on any atom is 0.243 e. The number of aromatic nitrogens is 4. The minimum Gasteiger partial charge on any atom is -0.387 e. The maximum absolute atomic E-state index is 11.2. The van der Waals surface area contributed by atoms with Gasteiger partial charge >= 0.3 is 0 Å². The number of ether oxygens (including phenoxy) is 1. The first-order chi connectivity index (χ1) is 13.2. The lowest BCUT2D eigenvalue weighted by atomic mass is 9.85. The summed E-state index contributed by atoms with van der Waals surface area (Å²) in [5, 5.41) is 35.9. The zero-order valence-corrected chi connectivity index (χ0v) is 16.9. The van der Waals surface area contributed by atoms with Crippen molar-refractivity contribution < 1.29 is 20.1 Å². The van der Waals surface area contributed by atoms with Crippen LogP contribution in [-0.2, 0) is 9.84 Å². The molecule has 153 valence electrons. The fourth-order valence-corrected chi connectivity index (χ4v) is 4.45. The maximum atomic E-state index is 11.2. The molecular weight excluding hydrogens is 386 g/mol. The van der Waals surface area contributed by atoms with Crippen LogP contribution in [0.25, 0.3) is 5.65 Å². The zero-order valence-electron chi connectivity index (χ0n) is 16.1. The van der Waals surface area contributed by atoms with E-state index in [-0.39, 0.29) is 16.7 Å². The Kier molecular flexibility index (Phi) is 4.99. The van der Waals surface area contributed by atoms with E-state index < -0.39 is 31.0 Å². The lowest BCUT2D eigenvalue weighted by Crippen LogP contribution is -2.40. The minimum absolute atomic E-state index is 0.0507. The second kappa shape index (κ2) is 7.07. The molecule has 10 heteroatoms. The summed E-state index contributed by atoms with van der Waals surface area (Å²) in [6, 6.07) is 0.280. The van der Waals surface area contributed by atoms with Crippen molar-refractivity contribution in [3.05, 3.63) is 17.2 Å². The van der Waals surface area contributed by atoms with Gasteiger partial charge in [0.15, 0.2) is 11.5 Å². The van der Waals surface area contributed by atoms with Gasteiger partial charge in [0, 0.05) is 12.6 Å². The fourth-order valence-electron chi connectivity index (χ4n) is 4.30. The quantitative estimate of drug-likeness (QED) is 0.785. The van der Waals surface area contributed by atoms with Crippen molar-refractivity contribution in [2.24, 2.45) is 5.41 Å². The lowest BCUT2D eigenvalue weighted by molar-refractivity contribution is -0.0411. The van der Waals surface area contributed by atoms with Crippen LogP contribution in [0.4, 0.5) is 5.82 Å². The number of hydrogen-bond acceptors (Lipinski definition) is 7. The highest BCUT2D eigenvalue weighted by molar-refractivity contribution is 6.28. The summed E-state index contributed by atoms with van der Waals surface area (Å²) in [5.41, 5.74) is 0.984. The van der Waals surface area contributed by atoms with Crippen LogP contribution in [0.1, 0.15) is 45.4 Å². The van der Waals surface area contributed by atoms with Gasteiger partial charge in [-0.3, -0.25) is 0 Å². The molecule has 2 aliphatic heterocycles. The number of rotatable bonds is 3. The SMILES string of the molecule is CC(C)(C)[C@H]1CCCN1c1nc(Cl)nn2c([C@@H]3O[C@H](C[O])[C@@H](O)[C@H]3O)cnc12. The number of aliphatic hydroxyl groups excluding tert-OH is 2. The van der Waals surface area contributed by atoms with E-state index in [2.05, 4.69) is 40.7 Å². The van der Waals surface area contributed by atoms with E-state index in [1.165, 1.54) is 10.7 Å². The number of halogens is 1. The van der Waals surface area contributed by atoms with Crippen molar-refractivity contribution in [3.63, 3.8) is 0 Å². The number of anilines is 1. The molecule has 4 rings (SSSR count). The largest absolute Gasteiger partial charge is 0.387 e. The Morgan fingerprint density at radius 2 is 2.07 bits per heavy atom. The second-order valence-electron chi connectivity index (χ2n) is 8.58. The van der Waals surface area contributed by atoms with Crippen molar-refractivity contribution in [2.75, 3.05) is 18.1 Å². The van der Waals surface area contributed by atoms with Crippen LogP contribution in [0.2, 0.25) is 5.28 Å². The summed E-state index contributed by atoms with van der Waals surface area (Å²) in [6.45, 7) is 6.78. The average molecular weight is 411 g/mol. The third-order valence-electron chi connectivity index (χ3n) is 5.69. The van der Waals surface area contributed by atoms with E-state index in [1.807, 2.05) is 0 Å². The molecular formula is C18H25ClN5O4. The normalized spacial score (nSPS) is 31.2. The summed E-state index contributed by atoms with van der Waals surface area (Å²) in [6.07, 6.45) is -0.776. The van der Waals surface area contributed by atoms with Gasteiger partial charge < -0.3 is 19.8 Å². The third-order valence-corrected chi connectivity index (χ3v) is 5.85. The molecule has 5 atom stereocenters. The topological polar surface area (TPSA) is 116 Å². The van der Waals surface area contributed by atoms with Crippen molar-refractivity contribution in [3.8, 4) is 0 Å². The van der Waals surface area contributed by atoms with Crippen LogP contribution in [-0.4, -0.2) is 67.3 Å². The lowest BCUT2D eigenvalue weighted by Gasteiger charge is -2.35. The number of imidazole rings is 1. The van der Waals surface area contributed by atoms with Gasteiger partial charge in [-0.1, -0.05) is 20.8 Å². The molecule has 2 saturated heterocycles. The third kappa shape index (κ3) is 3.15. The van der Waals surface area contributed by atoms with E-state index in [9.17, 15) is 15.3 Å². The Balaban J connectivity index is 1.78. The predicted molar refractivity (Wildman–Crippen MR) is 101 cm³/mol. The Hall–Kier alpha value is -1.52. The van der Waals surface area contributed by atoms with Crippen LogP contribution in [0, 0.1) is 5.41 Å². The van der Waals surface area contributed by atoms with E-state index in [4.69, 9.17) is 16.3 Å². The minimum atomic E-state index is -1.26. The molecule has 0 spiro atoms. The van der Waals surface area contributed by atoms with E-state index in [0.717, 1.165) is 19.4 Å². The molecule has 2 N–H and O–H groups in total. The Bertz CT molecular complexity index is 870. The van der Waals surface area contributed by atoms with Gasteiger partial charge in [-0.2, -0.15) is 4.98 Å². The summed E-state index contributed by atoms with van der Waals surface area (Å²) in [4.78, 5) is 11.1. The number of aliphatic hydroxyl groups is 2. The van der Waals surface area contributed by atoms with Crippen molar-refractivity contribution in [2.45, 2.75) is 64.1 Å². The molecule has 0 bridgehead atoms. The zero-order chi connectivity index (χ0) is 20.2. The summed E-state index contributed by atoms with van der Waals surface area (Å²) in [5.74, 6) is 0.636. The van der Waals surface area contributed by atoms with Crippen molar-refractivity contribution in [1.29, 1.82) is 0 Å². The highest BCUT2D eigenvalue weighted by Gasteiger charge is 2.45. The first-order valence-electron chi connectivity index (χ1n) is 9.50. The van der Waals surface area contributed by atoms with Gasteiger partial charge in [0.1, 0.15) is 31.0 Å². The average Bonchev–Trinajstić information content (AvgIpc) is 3.33. The Morgan fingerprint density at radius 3 is 2.71 bits per heavy atom. The molecule has 0 amide bonds. The van der Waals surface area contributed by atoms with Crippen LogP contribution < -0.4 is 4.90 Å². The van der Waals surface area contributed by atoms with Gasteiger partial charge in [-0.15, -0.1) is 5.10 Å². The van der Waals surface area contributed by atoms with E-state index >= 15 is 0 Å². The van der Waals surface area contributed by atoms with Gasteiger partial charge in [0.25, 0.3) is 0 Å². The van der Waals surface area contributed by atoms with Gasteiger partial charge in [0.2, 0.25) is 5.28 Å². The molecule has 0 saturated carbocycles. The Morgan fingerprint density at radius 1 is 1.32 bits per heavy atom. The molecule has 0 aromatic carbocycles. The van der Waals surface area contributed by atoms with Crippen LogP contribution in [0.15, 0.2) is 6.20 Å². The first kappa shape index (κ1) is 19.8. The van der Waals surface area contributed by atoms with Crippen LogP contribution >= 0.6 is 11.6 Å². The summed E-state index contributed by atoms with van der Waals surface area (Å²) < 4.78 is 7.07. The summed E-state index contributed by atoms with van der Waals surface area (Å²) >= 11 is 6.22. The molecule has 0 unspecified atom stereocenters. The van der Waals surface area contributed by atoms with Gasteiger partial charge in [-0.25, -0.2) is 14.6 Å². The monoisotopic (exact) mass is 410 g/mol. The molecule has 1 radical (unpaired) electrons. The molecule has 9 nitrogen and oxygen atoms in total. The number of fused-ring (bicyclic) bond motifs is 1. The smallest absolute Gasteiger partial charge is 0.243 e. The molecule has 4 heterocycles. The van der Waals surface area contributed by atoms with E-state index in [0.29, 0.717) is 17.2 Å². The number of hydrogen-bond donors (Lipinski definition) is 2. The Labute approximate surface area is 167 Å². The highest BCUT2D eigenvalue weighted by atomic mass is 35.5. The van der Waals surface area contributed by atoms with Gasteiger partial charge in [-0.05, 0) is 29.9 Å². The highest BCUT2D eigenvalue weighted by Crippen LogP contribution is 2.38. The van der Waals surface area contributed by atoms with Crippen LogP contribution in [0.3, 0.4) is 0 Å². The van der Waals surface area contributed by atoms with Crippen molar-refractivity contribution >= 4 is 23.1 Å². The molecule has 28 heavy (non-hydrogen) atoms. The summed E-state index contributed by atoms with van der Waals surface area (Å²) in [7, 11) is 0. The molecule has 0 aliphatic carbocycles. The first-order valence-corrected chi connectivity index (χ1v) is 9.87. The van der Waals surface area contributed by atoms with Gasteiger partial charge in [0.05, 0.1) is 11.9 Å². The number of nitrogens with zero attached hydrogens (tertiary/aromatic N) is 5. The van der Waals surface area contributed by atoms with Crippen LogP contribution in [0.5, 0.6) is 0 Å².